The highest BCUT2D eigenvalue weighted by Gasteiger charge is 2.25. The lowest BCUT2D eigenvalue weighted by Crippen LogP contribution is -2.40. The Hall–Kier alpha value is -0.120. The van der Waals surface area contributed by atoms with Gasteiger partial charge in [0.25, 0.3) is 0 Å². The topological polar surface area (TPSA) is 26.7 Å². The third-order valence-corrected chi connectivity index (χ3v) is 2.93. The Morgan fingerprint density at radius 2 is 2.21 bits per heavy atom. The molecule has 0 aromatic heterocycles. The Morgan fingerprint density at radius 1 is 1.50 bits per heavy atom. The first-order valence-electron chi connectivity index (χ1n) is 5.63. The highest BCUT2D eigenvalue weighted by atomic mass is 16.3. The van der Waals surface area contributed by atoms with E-state index >= 15 is 0 Å². The quantitative estimate of drug-likeness (QED) is 0.705. The maximum absolute atomic E-state index is 9.03. The largest absolute Gasteiger partial charge is 0.396 e. The molecule has 1 rings (SSSR count). The van der Waals surface area contributed by atoms with Gasteiger partial charge in [-0.15, -0.1) is 0 Å². The minimum atomic E-state index is 0.311. The summed E-state index contributed by atoms with van der Waals surface area (Å²) in [7, 11) is 4.26. The third kappa shape index (κ3) is 3.56. The molecular formula is C11H24N2O. The van der Waals surface area contributed by atoms with Crippen molar-refractivity contribution in [2.75, 3.05) is 40.3 Å². The minimum absolute atomic E-state index is 0.311. The summed E-state index contributed by atoms with van der Waals surface area (Å²) in [5.74, 6) is 0.415. The molecule has 1 aliphatic heterocycles. The molecule has 0 spiro atoms. The zero-order valence-corrected chi connectivity index (χ0v) is 9.74. The monoisotopic (exact) mass is 200 g/mol. The summed E-state index contributed by atoms with van der Waals surface area (Å²) in [6.45, 7) is 5.84. The maximum atomic E-state index is 9.03. The van der Waals surface area contributed by atoms with E-state index < -0.39 is 0 Å². The Morgan fingerprint density at radius 3 is 2.79 bits per heavy atom. The molecule has 0 radical (unpaired) electrons. The summed E-state index contributed by atoms with van der Waals surface area (Å²) in [5, 5.41) is 9.03. The molecule has 2 atom stereocenters. The normalized spacial score (nSPS) is 25.9. The van der Waals surface area contributed by atoms with Crippen molar-refractivity contribution in [3.63, 3.8) is 0 Å². The number of hydrogen-bond acceptors (Lipinski definition) is 3. The van der Waals surface area contributed by atoms with Gasteiger partial charge in [-0.3, -0.25) is 4.90 Å². The zero-order chi connectivity index (χ0) is 10.6. The lowest BCUT2D eigenvalue weighted by Gasteiger charge is -2.28. The number of aliphatic hydroxyl groups is 1. The van der Waals surface area contributed by atoms with Crippen LogP contribution in [0.1, 0.15) is 19.8 Å². The molecule has 0 saturated carbocycles. The number of likely N-dealkylation sites (tertiary alicyclic amines) is 1. The highest BCUT2D eigenvalue weighted by Crippen LogP contribution is 2.18. The van der Waals surface area contributed by atoms with E-state index in [9.17, 15) is 0 Å². The Balaban J connectivity index is 2.35. The lowest BCUT2D eigenvalue weighted by molar-refractivity contribution is 0.149. The van der Waals surface area contributed by atoms with E-state index in [-0.39, 0.29) is 0 Å². The fraction of sp³-hybridized carbons (Fsp3) is 1.00. The number of rotatable bonds is 5. The van der Waals surface area contributed by atoms with Crippen molar-refractivity contribution in [2.45, 2.75) is 25.8 Å². The van der Waals surface area contributed by atoms with Gasteiger partial charge >= 0.3 is 0 Å². The Labute approximate surface area is 87.7 Å². The Kier molecular flexibility index (Phi) is 4.85. The number of aliphatic hydroxyl groups excluding tert-OH is 1. The van der Waals surface area contributed by atoms with E-state index in [4.69, 9.17) is 5.11 Å². The number of hydrogen-bond donors (Lipinski definition) is 1. The van der Waals surface area contributed by atoms with E-state index in [0.717, 1.165) is 13.1 Å². The molecule has 0 aromatic rings. The number of nitrogens with zero attached hydrogens (tertiary/aromatic N) is 2. The predicted molar refractivity (Wildman–Crippen MR) is 59.4 cm³/mol. The minimum Gasteiger partial charge on any atom is -0.396 e. The average molecular weight is 200 g/mol. The summed E-state index contributed by atoms with van der Waals surface area (Å²) >= 11 is 0. The summed E-state index contributed by atoms with van der Waals surface area (Å²) in [6, 6.07) is 0.707. The van der Waals surface area contributed by atoms with E-state index in [1.54, 1.807) is 0 Å². The fourth-order valence-corrected chi connectivity index (χ4v) is 2.22. The number of likely N-dealkylation sites (N-methyl/N-ethyl adjacent to an activating group) is 1. The summed E-state index contributed by atoms with van der Waals surface area (Å²) in [4.78, 5) is 4.79. The van der Waals surface area contributed by atoms with Crippen molar-refractivity contribution in [1.82, 2.24) is 9.80 Å². The predicted octanol–water partition coefficient (Wildman–Crippen LogP) is 0.641. The van der Waals surface area contributed by atoms with Crippen molar-refractivity contribution < 1.29 is 5.11 Å². The smallest absolute Gasteiger partial charge is 0.0468 e. The molecule has 3 nitrogen and oxygen atoms in total. The molecule has 1 saturated heterocycles. The molecule has 1 heterocycles. The Bertz CT molecular complexity index is 161. The molecular weight excluding hydrogens is 176 g/mol. The molecule has 0 aromatic carbocycles. The third-order valence-electron chi connectivity index (χ3n) is 2.93. The molecule has 0 aliphatic carbocycles. The van der Waals surface area contributed by atoms with E-state index in [2.05, 4.69) is 30.8 Å². The summed E-state index contributed by atoms with van der Waals surface area (Å²) in [5.41, 5.74) is 0. The summed E-state index contributed by atoms with van der Waals surface area (Å²) in [6.07, 6.45) is 2.63. The van der Waals surface area contributed by atoms with Crippen molar-refractivity contribution in [1.29, 1.82) is 0 Å². The van der Waals surface area contributed by atoms with Crippen LogP contribution < -0.4 is 0 Å². The first kappa shape index (κ1) is 12.0. The van der Waals surface area contributed by atoms with Gasteiger partial charge in [-0.25, -0.2) is 0 Å². The summed E-state index contributed by atoms with van der Waals surface area (Å²) < 4.78 is 0. The van der Waals surface area contributed by atoms with Gasteiger partial charge in [0.1, 0.15) is 0 Å². The molecule has 2 unspecified atom stereocenters. The van der Waals surface area contributed by atoms with Gasteiger partial charge in [0.2, 0.25) is 0 Å². The van der Waals surface area contributed by atoms with Crippen LogP contribution >= 0.6 is 0 Å². The van der Waals surface area contributed by atoms with Crippen LogP contribution in [0.2, 0.25) is 0 Å². The molecule has 0 amide bonds. The van der Waals surface area contributed by atoms with Crippen LogP contribution in [0.4, 0.5) is 0 Å². The van der Waals surface area contributed by atoms with Gasteiger partial charge in [-0.1, -0.05) is 6.92 Å². The van der Waals surface area contributed by atoms with Crippen molar-refractivity contribution in [3.05, 3.63) is 0 Å². The van der Waals surface area contributed by atoms with E-state index in [1.807, 2.05) is 0 Å². The molecule has 84 valence electrons. The van der Waals surface area contributed by atoms with Crippen LogP contribution in [-0.2, 0) is 0 Å². The first-order valence-corrected chi connectivity index (χ1v) is 5.63. The molecule has 14 heavy (non-hydrogen) atoms. The van der Waals surface area contributed by atoms with Crippen LogP contribution in [0.25, 0.3) is 0 Å². The van der Waals surface area contributed by atoms with Crippen LogP contribution in [0, 0.1) is 5.92 Å². The van der Waals surface area contributed by atoms with Crippen LogP contribution in [-0.4, -0.2) is 61.3 Å². The lowest BCUT2D eigenvalue weighted by atomic mass is 10.1. The maximum Gasteiger partial charge on any atom is 0.0468 e. The fourth-order valence-electron chi connectivity index (χ4n) is 2.22. The van der Waals surface area contributed by atoms with Crippen molar-refractivity contribution >= 4 is 0 Å². The van der Waals surface area contributed by atoms with Crippen LogP contribution in [0.5, 0.6) is 0 Å². The molecule has 3 heteroatoms. The second-order valence-corrected chi connectivity index (χ2v) is 4.84. The highest BCUT2D eigenvalue weighted by molar-refractivity contribution is 4.81. The van der Waals surface area contributed by atoms with Gasteiger partial charge in [-0.05, 0) is 39.4 Å². The van der Waals surface area contributed by atoms with E-state index in [1.165, 1.54) is 19.4 Å². The zero-order valence-electron chi connectivity index (χ0n) is 9.74. The van der Waals surface area contributed by atoms with Gasteiger partial charge < -0.3 is 10.0 Å². The van der Waals surface area contributed by atoms with E-state index in [0.29, 0.717) is 18.6 Å². The van der Waals surface area contributed by atoms with Gasteiger partial charge in [0.15, 0.2) is 0 Å². The van der Waals surface area contributed by atoms with Crippen molar-refractivity contribution in [2.24, 2.45) is 5.92 Å². The van der Waals surface area contributed by atoms with Crippen molar-refractivity contribution in [3.8, 4) is 0 Å². The molecule has 1 N–H and O–H groups in total. The second-order valence-electron chi connectivity index (χ2n) is 4.84. The van der Waals surface area contributed by atoms with Gasteiger partial charge in [0.05, 0.1) is 0 Å². The molecule has 1 fully saturated rings. The SMILES string of the molecule is CC(CO)CN1CCCC1CN(C)C. The first-order chi connectivity index (χ1) is 6.63. The van der Waals surface area contributed by atoms with Crippen LogP contribution in [0.15, 0.2) is 0 Å². The molecule has 1 aliphatic rings. The average Bonchev–Trinajstić information content (AvgIpc) is 2.52. The van der Waals surface area contributed by atoms with Gasteiger partial charge in [0, 0.05) is 25.7 Å². The van der Waals surface area contributed by atoms with Crippen LogP contribution in [0.3, 0.4) is 0 Å². The molecule has 0 bridgehead atoms. The van der Waals surface area contributed by atoms with Gasteiger partial charge in [-0.2, -0.15) is 0 Å². The second kappa shape index (κ2) is 5.69. The standard InChI is InChI=1S/C11H24N2O/c1-10(9-14)7-13-6-4-5-11(13)8-12(2)3/h10-11,14H,4-9H2,1-3H3.